The lowest BCUT2D eigenvalue weighted by Crippen LogP contribution is -2.11. The molecule has 1 nitrogen and oxygen atoms in total. The van der Waals surface area contributed by atoms with E-state index in [4.69, 9.17) is 6.57 Å². The fourth-order valence-corrected chi connectivity index (χ4v) is 2.37. The van der Waals surface area contributed by atoms with Gasteiger partial charge in [0.2, 0.25) is 6.04 Å². The van der Waals surface area contributed by atoms with Crippen molar-refractivity contribution in [3.63, 3.8) is 0 Å². The van der Waals surface area contributed by atoms with Crippen LogP contribution in [0.5, 0.6) is 0 Å². The molecule has 2 heteroatoms. The van der Waals surface area contributed by atoms with Gasteiger partial charge in [0, 0.05) is 6.92 Å². The van der Waals surface area contributed by atoms with E-state index >= 15 is 0 Å². The Kier molecular flexibility index (Phi) is 2.41. The molecule has 2 atom stereocenters. The first-order valence-corrected chi connectivity index (χ1v) is 4.37. The summed E-state index contributed by atoms with van der Waals surface area (Å²) in [5.74, 6) is 1.27. The van der Waals surface area contributed by atoms with Crippen molar-refractivity contribution < 1.29 is 0 Å². The summed E-state index contributed by atoms with van der Waals surface area (Å²) in [7, 11) is 0. The molecule has 0 N–H and O–H groups in total. The van der Waals surface area contributed by atoms with E-state index in [-0.39, 0.29) is 6.04 Å². The van der Waals surface area contributed by atoms with Gasteiger partial charge in [-0.1, -0.05) is 0 Å². The number of nitrogens with zero attached hydrogens (tertiary/aromatic N) is 1. The van der Waals surface area contributed by atoms with Crippen molar-refractivity contribution in [3.8, 4) is 0 Å². The highest BCUT2D eigenvalue weighted by Crippen LogP contribution is 2.29. The normalized spacial score (nSPS) is 29.6. The molecular formula is C7H11NS. The van der Waals surface area contributed by atoms with Gasteiger partial charge in [-0.2, -0.15) is 11.8 Å². The van der Waals surface area contributed by atoms with Crippen LogP contribution in [0.15, 0.2) is 0 Å². The Bertz CT molecular complexity index is 121. The zero-order chi connectivity index (χ0) is 6.69. The quantitative estimate of drug-likeness (QED) is 0.506. The topological polar surface area (TPSA) is 4.36 Å². The van der Waals surface area contributed by atoms with Crippen LogP contribution in [0.25, 0.3) is 4.85 Å². The molecule has 1 saturated heterocycles. The fraction of sp³-hybridized carbons (Fsp3) is 0.857. The molecule has 0 aromatic heterocycles. The van der Waals surface area contributed by atoms with Gasteiger partial charge in [-0.25, -0.2) is 6.57 Å². The highest BCUT2D eigenvalue weighted by atomic mass is 32.2. The summed E-state index contributed by atoms with van der Waals surface area (Å²) < 4.78 is 0. The van der Waals surface area contributed by atoms with E-state index in [9.17, 15) is 0 Å². The molecule has 50 valence electrons. The van der Waals surface area contributed by atoms with Gasteiger partial charge in [-0.05, 0) is 18.6 Å². The minimum absolute atomic E-state index is 0.248. The number of thioether (sulfide) groups is 1. The van der Waals surface area contributed by atoms with Crippen LogP contribution in [0, 0.1) is 6.57 Å². The maximum atomic E-state index is 6.79. The Balaban J connectivity index is 2.34. The Morgan fingerprint density at radius 3 is 3.00 bits per heavy atom. The minimum Gasteiger partial charge on any atom is -0.313 e. The predicted octanol–water partition coefficient (Wildman–Crippen LogP) is 2.19. The van der Waals surface area contributed by atoms with E-state index in [2.05, 4.69) is 4.85 Å². The van der Waals surface area contributed by atoms with Gasteiger partial charge < -0.3 is 4.85 Å². The zero-order valence-electron chi connectivity index (χ0n) is 5.63. The van der Waals surface area contributed by atoms with Crippen LogP contribution >= 0.6 is 11.8 Å². The van der Waals surface area contributed by atoms with Crippen LogP contribution in [0.1, 0.15) is 19.8 Å². The first-order chi connectivity index (χ1) is 4.34. The Labute approximate surface area is 60.6 Å². The predicted molar refractivity (Wildman–Crippen MR) is 41.5 cm³/mol. The maximum Gasteiger partial charge on any atom is 0.232 e. The average Bonchev–Trinajstić information content (AvgIpc) is 2.37. The lowest BCUT2D eigenvalue weighted by atomic mass is 10.1. The molecule has 0 radical (unpaired) electrons. The summed E-state index contributed by atoms with van der Waals surface area (Å²) >= 11 is 1.96. The summed E-state index contributed by atoms with van der Waals surface area (Å²) in [6.07, 6.45) is 2.57. The van der Waals surface area contributed by atoms with Gasteiger partial charge in [0.1, 0.15) is 0 Å². The maximum absolute atomic E-state index is 6.79. The van der Waals surface area contributed by atoms with Crippen molar-refractivity contribution in [2.45, 2.75) is 31.1 Å². The standard InChI is InChI=1S/C7H11NS/c1-6(8-2)7-4-3-5-9-7/h6-7H,3-5H2,1H3. The van der Waals surface area contributed by atoms with E-state index in [1.54, 1.807) is 0 Å². The second kappa shape index (κ2) is 3.12. The fourth-order valence-electron chi connectivity index (χ4n) is 1.07. The third kappa shape index (κ3) is 1.62. The van der Waals surface area contributed by atoms with Crippen LogP contribution in [-0.4, -0.2) is 17.0 Å². The lowest BCUT2D eigenvalue weighted by molar-refractivity contribution is 0.722. The zero-order valence-corrected chi connectivity index (χ0v) is 6.45. The van der Waals surface area contributed by atoms with Crippen LogP contribution in [0.3, 0.4) is 0 Å². The molecule has 0 aromatic rings. The molecule has 9 heavy (non-hydrogen) atoms. The van der Waals surface area contributed by atoms with Gasteiger partial charge in [-0.3, -0.25) is 0 Å². The second-order valence-corrected chi connectivity index (χ2v) is 3.77. The molecule has 2 unspecified atom stereocenters. The van der Waals surface area contributed by atoms with Gasteiger partial charge in [0.15, 0.2) is 0 Å². The number of rotatable bonds is 1. The van der Waals surface area contributed by atoms with E-state index in [0.29, 0.717) is 5.25 Å². The molecule has 1 fully saturated rings. The van der Waals surface area contributed by atoms with E-state index in [0.717, 1.165) is 0 Å². The minimum atomic E-state index is 0.248. The molecule has 1 rings (SSSR count). The van der Waals surface area contributed by atoms with Crippen molar-refractivity contribution in [1.29, 1.82) is 0 Å². The van der Waals surface area contributed by atoms with Crippen LogP contribution < -0.4 is 0 Å². The van der Waals surface area contributed by atoms with Crippen LogP contribution in [-0.2, 0) is 0 Å². The summed E-state index contributed by atoms with van der Waals surface area (Å²) in [5, 5.41) is 0.641. The first kappa shape index (κ1) is 6.95. The Morgan fingerprint density at radius 1 is 1.78 bits per heavy atom. The van der Waals surface area contributed by atoms with Gasteiger partial charge >= 0.3 is 0 Å². The van der Waals surface area contributed by atoms with Crippen molar-refractivity contribution in [2.24, 2.45) is 0 Å². The Hall–Kier alpha value is -0.160. The SMILES string of the molecule is [C-]#[N+]C(C)C1CCCS1. The summed E-state index contributed by atoms with van der Waals surface area (Å²) in [6, 6.07) is 0.248. The largest absolute Gasteiger partial charge is 0.313 e. The van der Waals surface area contributed by atoms with E-state index in [1.165, 1.54) is 18.6 Å². The molecule has 0 aromatic carbocycles. The summed E-state index contributed by atoms with van der Waals surface area (Å²) in [6.45, 7) is 8.81. The highest BCUT2D eigenvalue weighted by molar-refractivity contribution is 8.00. The van der Waals surface area contributed by atoms with E-state index in [1.807, 2.05) is 18.7 Å². The summed E-state index contributed by atoms with van der Waals surface area (Å²) in [4.78, 5) is 3.50. The third-order valence-electron chi connectivity index (χ3n) is 1.71. The molecule has 0 saturated carbocycles. The molecule has 1 heterocycles. The first-order valence-electron chi connectivity index (χ1n) is 3.33. The van der Waals surface area contributed by atoms with Gasteiger partial charge in [0.25, 0.3) is 0 Å². The van der Waals surface area contributed by atoms with Crippen LogP contribution in [0.2, 0.25) is 0 Å². The monoisotopic (exact) mass is 141 g/mol. The summed E-state index contributed by atoms with van der Waals surface area (Å²) in [5.41, 5.74) is 0. The second-order valence-electron chi connectivity index (χ2n) is 2.42. The number of hydrogen-bond donors (Lipinski definition) is 0. The average molecular weight is 141 g/mol. The highest BCUT2D eigenvalue weighted by Gasteiger charge is 2.25. The smallest absolute Gasteiger partial charge is 0.232 e. The van der Waals surface area contributed by atoms with Crippen molar-refractivity contribution >= 4 is 11.8 Å². The third-order valence-corrected chi connectivity index (χ3v) is 3.29. The molecule has 1 aliphatic rings. The molecule has 1 aliphatic heterocycles. The van der Waals surface area contributed by atoms with Crippen molar-refractivity contribution in [3.05, 3.63) is 11.4 Å². The van der Waals surface area contributed by atoms with Gasteiger partial charge in [0.05, 0.1) is 5.25 Å². The van der Waals surface area contributed by atoms with Gasteiger partial charge in [-0.15, -0.1) is 0 Å². The Morgan fingerprint density at radius 2 is 2.56 bits per heavy atom. The van der Waals surface area contributed by atoms with Crippen molar-refractivity contribution in [1.82, 2.24) is 0 Å². The van der Waals surface area contributed by atoms with Crippen molar-refractivity contribution in [2.75, 3.05) is 5.75 Å². The molecule has 0 bridgehead atoms. The van der Waals surface area contributed by atoms with Crippen LogP contribution in [0.4, 0.5) is 0 Å². The molecule has 0 aliphatic carbocycles. The molecular weight excluding hydrogens is 130 g/mol. The molecule has 0 amide bonds. The molecule has 0 spiro atoms. The number of hydrogen-bond acceptors (Lipinski definition) is 1. The van der Waals surface area contributed by atoms with E-state index < -0.39 is 0 Å². The lowest BCUT2D eigenvalue weighted by Gasteiger charge is -2.04.